The van der Waals surface area contributed by atoms with Gasteiger partial charge in [-0.1, -0.05) is 41.3 Å². The summed E-state index contributed by atoms with van der Waals surface area (Å²) in [7, 11) is 0. The van der Waals surface area contributed by atoms with E-state index >= 15 is 0 Å². The Morgan fingerprint density at radius 1 is 1.11 bits per heavy atom. The highest BCUT2D eigenvalue weighted by Crippen LogP contribution is 2.38. The van der Waals surface area contributed by atoms with Crippen molar-refractivity contribution in [3.8, 4) is 11.5 Å². The number of rotatable bonds is 6. The highest BCUT2D eigenvalue weighted by molar-refractivity contribution is 9.09. The highest BCUT2D eigenvalue weighted by atomic mass is 79.9. The van der Waals surface area contributed by atoms with Gasteiger partial charge in [-0.25, -0.2) is 0 Å². The van der Waals surface area contributed by atoms with Gasteiger partial charge in [0.1, 0.15) is 11.5 Å². The Bertz CT molecular complexity index is 386. The Labute approximate surface area is 124 Å². The zero-order chi connectivity index (χ0) is 13.6. The summed E-state index contributed by atoms with van der Waals surface area (Å²) < 4.78 is 11.5. The molecule has 0 N–H and O–H groups in total. The van der Waals surface area contributed by atoms with Crippen molar-refractivity contribution in [3.05, 3.63) is 24.3 Å². The Hall–Kier alpha value is -0.700. The highest BCUT2D eigenvalue weighted by Gasteiger charge is 2.31. The number of benzene rings is 1. The maximum Gasteiger partial charge on any atom is 0.123 e. The van der Waals surface area contributed by atoms with Crippen LogP contribution in [0, 0.1) is 5.41 Å². The summed E-state index contributed by atoms with van der Waals surface area (Å²) >= 11 is 3.68. The molecule has 0 unspecified atom stereocenters. The molecule has 0 bridgehead atoms. The lowest BCUT2D eigenvalue weighted by Gasteiger charge is -2.35. The molecule has 1 aromatic carbocycles. The maximum atomic E-state index is 6.02. The summed E-state index contributed by atoms with van der Waals surface area (Å²) in [6.45, 7) is 3.48. The predicted molar refractivity (Wildman–Crippen MR) is 82.4 cm³/mol. The minimum Gasteiger partial charge on any atom is -0.494 e. The molecule has 0 saturated heterocycles. The summed E-state index contributed by atoms with van der Waals surface area (Å²) in [5.41, 5.74) is 0.319. The predicted octanol–water partition coefficient (Wildman–Crippen LogP) is 4.81. The number of alkyl halides is 1. The number of hydrogen-bond donors (Lipinski definition) is 0. The van der Waals surface area contributed by atoms with Crippen molar-refractivity contribution in [1.29, 1.82) is 0 Å². The van der Waals surface area contributed by atoms with Crippen LogP contribution in [0.15, 0.2) is 24.3 Å². The fourth-order valence-corrected chi connectivity index (χ4v) is 3.40. The third-order valence-corrected chi connectivity index (χ3v) is 5.05. The minimum atomic E-state index is 0.319. The lowest BCUT2D eigenvalue weighted by Crippen LogP contribution is -2.32. The minimum absolute atomic E-state index is 0.319. The van der Waals surface area contributed by atoms with Crippen LogP contribution in [-0.4, -0.2) is 18.5 Å². The fraction of sp³-hybridized carbons (Fsp3) is 0.625. The van der Waals surface area contributed by atoms with E-state index in [1.165, 1.54) is 32.1 Å². The first-order chi connectivity index (χ1) is 9.28. The van der Waals surface area contributed by atoms with Crippen molar-refractivity contribution >= 4 is 15.9 Å². The quantitative estimate of drug-likeness (QED) is 0.698. The first-order valence-corrected chi connectivity index (χ1v) is 8.32. The van der Waals surface area contributed by atoms with E-state index in [1.54, 1.807) is 0 Å². The molecule has 1 fully saturated rings. The molecule has 0 aromatic heterocycles. The molecule has 0 aliphatic heterocycles. The maximum absolute atomic E-state index is 6.02. The molecule has 2 rings (SSSR count). The van der Waals surface area contributed by atoms with Gasteiger partial charge in [0, 0.05) is 16.8 Å². The molecule has 1 aromatic rings. The third kappa shape index (κ3) is 4.13. The zero-order valence-corrected chi connectivity index (χ0v) is 13.2. The molecule has 1 aliphatic carbocycles. The van der Waals surface area contributed by atoms with Gasteiger partial charge in [0.05, 0.1) is 13.2 Å². The molecule has 3 heteroatoms. The van der Waals surface area contributed by atoms with E-state index in [1.807, 2.05) is 31.2 Å². The standard InChI is InChI=1S/C16H23BrO2/c1-2-18-14-7-6-8-15(11-14)19-13-16(12-17)9-4-3-5-10-16/h6-8,11H,2-5,9-10,12-13H2,1H3. The van der Waals surface area contributed by atoms with Crippen LogP contribution in [0.25, 0.3) is 0 Å². The Morgan fingerprint density at radius 2 is 1.79 bits per heavy atom. The number of hydrogen-bond acceptors (Lipinski definition) is 2. The van der Waals surface area contributed by atoms with Gasteiger partial charge in [0.15, 0.2) is 0 Å². The van der Waals surface area contributed by atoms with Crippen LogP contribution >= 0.6 is 15.9 Å². The van der Waals surface area contributed by atoms with Crippen LogP contribution in [0.4, 0.5) is 0 Å². The van der Waals surface area contributed by atoms with Gasteiger partial charge in [0.2, 0.25) is 0 Å². The largest absolute Gasteiger partial charge is 0.494 e. The molecule has 19 heavy (non-hydrogen) atoms. The lowest BCUT2D eigenvalue weighted by molar-refractivity contribution is 0.121. The molecule has 0 spiro atoms. The fourth-order valence-electron chi connectivity index (χ4n) is 2.68. The zero-order valence-electron chi connectivity index (χ0n) is 11.7. The Morgan fingerprint density at radius 3 is 2.42 bits per heavy atom. The second-order valence-corrected chi connectivity index (χ2v) is 5.95. The number of halogens is 1. The van der Waals surface area contributed by atoms with Crippen LogP contribution < -0.4 is 9.47 Å². The lowest BCUT2D eigenvalue weighted by atomic mass is 9.76. The first kappa shape index (κ1) is 14.7. The summed E-state index contributed by atoms with van der Waals surface area (Å²) in [4.78, 5) is 0. The topological polar surface area (TPSA) is 18.5 Å². The van der Waals surface area contributed by atoms with Crippen molar-refractivity contribution in [2.75, 3.05) is 18.5 Å². The monoisotopic (exact) mass is 326 g/mol. The summed E-state index contributed by atoms with van der Waals surface area (Å²) in [6.07, 6.45) is 6.56. The van der Waals surface area contributed by atoms with Gasteiger partial charge in [0.25, 0.3) is 0 Å². The van der Waals surface area contributed by atoms with E-state index in [4.69, 9.17) is 9.47 Å². The molecule has 1 aliphatic rings. The second kappa shape index (κ2) is 7.18. The average molecular weight is 327 g/mol. The van der Waals surface area contributed by atoms with Gasteiger partial charge < -0.3 is 9.47 Å². The molecule has 0 amide bonds. The van der Waals surface area contributed by atoms with Crippen LogP contribution in [0.1, 0.15) is 39.0 Å². The van der Waals surface area contributed by atoms with E-state index in [0.29, 0.717) is 12.0 Å². The van der Waals surface area contributed by atoms with Gasteiger partial charge in [-0.05, 0) is 31.9 Å². The van der Waals surface area contributed by atoms with Crippen LogP contribution in [0.3, 0.4) is 0 Å². The van der Waals surface area contributed by atoms with Gasteiger partial charge in [-0.15, -0.1) is 0 Å². The molecular formula is C16H23BrO2. The smallest absolute Gasteiger partial charge is 0.123 e. The molecule has 0 atom stereocenters. The Balaban J connectivity index is 1.94. The molecule has 0 heterocycles. The first-order valence-electron chi connectivity index (χ1n) is 7.20. The molecule has 106 valence electrons. The van der Waals surface area contributed by atoms with Crippen molar-refractivity contribution < 1.29 is 9.47 Å². The SMILES string of the molecule is CCOc1cccc(OCC2(CBr)CCCCC2)c1. The van der Waals surface area contributed by atoms with Crippen LogP contribution in [-0.2, 0) is 0 Å². The second-order valence-electron chi connectivity index (χ2n) is 5.39. The summed E-state index contributed by atoms with van der Waals surface area (Å²) in [6, 6.07) is 7.95. The van der Waals surface area contributed by atoms with Crippen molar-refractivity contribution in [2.45, 2.75) is 39.0 Å². The van der Waals surface area contributed by atoms with Crippen molar-refractivity contribution in [3.63, 3.8) is 0 Å². The Kier molecular flexibility index (Phi) is 5.56. The van der Waals surface area contributed by atoms with Crippen LogP contribution in [0.2, 0.25) is 0 Å². The van der Waals surface area contributed by atoms with E-state index in [9.17, 15) is 0 Å². The van der Waals surface area contributed by atoms with Gasteiger partial charge in [-0.2, -0.15) is 0 Å². The molecule has 0 radical (unpaired) electrons. The van der Waals surface area contributed by atoms with E-state index in [2.05, 4.69) is 15.9 Å². The van der Waals surface area contributed by atoms with E-state index < -0.39 is 0 Å². The average Bonchev–Trinajstić information content (AvgIpc) is 2.47. The normalized spacial score (nSPS) is 18.0. The van der Waals surface area contributed by atoms with Crippen molar-refractivity contribution in [2.24, 2.45) is 5.41 Å². The number of ether oxygens (including phenoxy) is 2. The van der Waals surface area contributed by atoms with Crippen molar-refractivity contribution in [1.82, 2.24) is 0 Å². The van der Waals surface area contributed by atoms with Crippen LogP contribution in [0.5, 0.6) is 11.5 Å². The molecule has 2 nitrogen and oxygen atoms in total. The van der Waals surface area contributed by atoms with Gasteiger partial charge in [-0.3, -0.25) is 0 Å². The summed E-state index contributed by atoms with van der Waals surface area (Å²) in [5, 5.41) is 1.03. The van der Waals surface area contributed by atoms with E-state index in [-0.39, 0.29) is 0 Å². The van der Waals surface area contributed by atoms with E-state index in [0.717, 1.165) is 23.4 Å². The summed E-state index contributed by atoms with van der Waals surface area (Å²) in [5.74, 6) is 1.80. The molecular weight excluding hydrogens is 304 g/mol. The third-order valence-electron chi connectivity index (χ3n) is 3.86. The van der Waals surface area contributed by atoms with Gasteiger partial charge >= 0.3 is 0 Å². The molecule has 1 saturated carbocycles.